The molecular weight excluding hydrogens is 188 g/mol. The Bertz CT molecular complexity index is 193. The van der Waals surface area contributed by atoms with E-state index in [0.29, 0.717) is 12.8 Å². The summed E-state index contributed by atoms with van der Waals surface area (Å²) in [5.74, 6) is -0.675. The molecular formula is C9H14O5. The minimum Gasteiger partial charge on any atom is -0.460 e. The van der Waals surface area contributed by atoms with Gasteiger partial charge in [0, 0.05) is 20.3 Å². The molecule has 1 rings (SSSR count). The van der Waals surface area contributed by atoms with Gasteiger partial charge in [0.2, 0.25) is 6.29 Å². The molecule has 0 aromatic rings. The van der Waals surface area contributed by atoms with Crippen molar-refractivity contribution >= 4 is 11.9 Å². The topological polar surface area (TPSA) is 61.8 Å². The van der Waals surface area contributed by atoms with Gasteiger partial charge < -0.3 is 14.2 Å². The second-order valence-electron chi connectivity index (χ2n) is 3.18. The Morgan fingerprint density at radius 1 is 1.14 bits per heavy atom. The Balaban J connectivity index is 2.24. The van der Waals surface area contributed by atoms with Crippen molar-refractivity contribution in [3.05, 3.63) is 0 Å². The van der Waals surface area contributed by atoms with E-state index in [1.54, 1.807) is 0 Å². The SMILES string of the molecule is CC(=O)OC1CCC(OC(C)=O)OC1. The Labute approximate surface area is 82.3 Å². The highest BCUT2D eigenvalue weighted by atomic mass is 16.7. The third kappa shape index (κ3) is 3.74. The van der Waals surface area contributed by atoms with E-state index in [0.717, 1.165) is 0 Å². The number of hydrogen-bond acceptors (Lipinski definition) is 5. The molecule has 80 valence electrons. The van der Waals surface area contributed by atoms with Gasteiger partial charge in [0.15, 0.2) is 0 Å². The van der Waals surface area contributed by atoms with Crippen molar-refractivity contribution in [1.82, 2.24) is 0 Å². The van der Waals surface area contributed by atoms with E-state index in [2.05, 4.69) is 0 Å². The van der Waals surface area contributed by atoms with E-state index in [4.69, 9.17) is 14.2 Å². The van der Waals surface area contributed by atoms with Crippen LogP contribution in [0.1, 0.15) is 26.7 Å². The van der Waals surface area contributed by atoms with Gasteiger partial charge in [-0.05, 0) is 6.42 Å². The molecule has 5 nitrogen and oxygen atoms in total. The van der Waals surface area contributed by atoms with E-state index in [1.165, 1.54) is 13.8 Å². The number of hydrogen-bond donors (Lipinski definition) is 0. The first-order chi connectivity index (χ1) is 6.58. The Hall–Kier alpha value is -1.10. The molecule has 0 aliphatic carbocycles. The first-order valence-corrected chi connectivity index (χ1v) is 4.54. The van der Waals surface area contributed by atoms with Crippen molar-refractivity contribution in [3.63, 3.8) is 0 Å². The Kier molecular flexibility index (Phi) is 3.88. The van der Waals surface area contributed by atoms with E-state index in [-0.39, 0.29) is 24.6 Å². The molecule has 2 atom stereocenters. The van der Waals surface area contributed by atoms with Gasteiger partial charge in [-0.2, -0.15) is 0 Å². The Morgan fingerprint density at radius 2 is 1.79 bits per heavy atom. The van der Waals surface area contributed by atoms with Gasteiger partial charge in [-0.3, -0.25) is 9.59 Å². The van der Waals surface area contributed by atoms with Gasteiger partial charge >= 0.3 is 11.9 Å². The highest BCUT2D eigenvalue weighted by molar-refractivity contribution is 5.66. The van der Waals surface area contributed by atoms with Crippen LogP contribution in [0.5, 0.6) is 0 Å². The highest BCUT2D eigenvalue weighted by Crippen LogP contribution is 2.17. The standard InChI is InChI=1S/C9H14O5/c1-6(10)13-8-3-4-9(12-5-8)14-7(2)11/h8-9H,3-5H2,1-2H3. The fourth-order valence-corrected chi connectivity index (χ4v) is 1.31. The van der Waals surface area contributed by atoms with Crippen molar-refractivity contribution in [2.45, 2.75) is 39.1 Å². The first-order valence-electron chi connectivity index (χ1n) is 4.54. The quantitative estimate of drug-likeness (QED) is 0.614. The summed E-state index contributed by atoms with van der Waals surface area (Å²) in [6.07, 6.45) is 0.535. The van der Waals surface area contributed by atoms with Gasteiger partial charge in [-0.25, -0.2) is 0 Å². The van der Waals surface area contributed by atoms with Gasteiger partial charge in [-0.1, -0.05) is 0 Å². The maximum Gasteiger partial charge on any atom is 0.304 e. The van der Waals surface area contributed by atoms with Crippen molar-refractivity contribution in [2.75, 3.05) is 6.61 Å². The van der Waals surface area contributed by atoms with Gasteiger partial charge in [-0.15, -0.1) is 0 Å². The third-order valence-corrected chi connectivity index (χ3v) is 1.82. The summed E-state index contributed by atoms with van der Waals surface area (Å²) >= 11 is 0. The van der Waals surface area contributed by atoms with E-state index in [1.807, 2.05) is 0 Å². The lowest BCUT2D eigenvalue weighted by Crippen LogP contribution is -2.34. The third-order valence-electron chi connectivity index (χ3n) is 1.82. The van der Waals surface area contributed by atoms with E-state index in [9.17, 15) is 9.59 Å². The number of esters is 2. The highest BCUT2D eigenvalue weighted by Gasteiger charge is 2.25. The fourth-order valence-electron chi connectivity index (χ4n) is 1.31. The zero-order valence-electron chi connectivity index (χ0n) is 8.32. The maximum atomic E-state index is 10.6. The van der Waals surface area contributed by atoms with Crippen molar-refractivity contribution in [1.29, 1.82) is 0 Å². The zero-order valence-corrected chi connectivity index (χ0v) is 8.32. The van der Waals surface area contributed by atoms with Gasteiger partial charge in [0.1, 0.15) is 6.10 Å². The first kappa shape index (κ1) is 11.0. The van der Waals surface area contributed by atoms with Crippen LogP contribution in [0.25, 0.3) is 0 Å². The van der Waals surface area contributed by atoms with Crippen molar-refractivity contribution in [3.8, 4) is 0 Å². The average molecular weight is 202 g/mol. The van der Waals surface area contributed by atoms with Crippen LogP contribution in [0.4, 0.5) is 0 Å². The molecule has 5 heteroatoms. The number of carbonyl (C=O) groups is 2. The zero-order chi connectivity index (χ0) is 10.6. The molecule has 2 unspecified atom stereocenters. The predicted molar refractivity (Wildman–Crippen MR) is 46.3 cm³/mol. The number of carbonyl (C=O) groups excluding carboxylic acids is 2. The molecule has 14 heavy (non-hydrogen) atoms. The van der Waals surface area contributed by atoms with Crippen LogP contribution >= 0.6 is 0 Å². The molecule has 0 aromatic carbocycles. The van der Waals surface area contributed by atoms with E-state index < -0.39 is 6.29 Å². The second kappa shape index (κ2) is 4.95. The summed E-state index contributed by atoms with van der Waals surface area (Å²) in [4.78, 5) is 21.2. The molecule has 0 spiro atoms. The second-order valence-corrected chi connectivity index (χ2v) is 3.18. The van der Waals surface area contributed by atoms with Crippen LogP contribution in [-0.4, -0.2) is 30.9 Å². The molecule has 1 aliphatic rings. The lowest BCUT2D eigenvalue weighted by molar-refractivity contribution is -0.202. The monoisotopic (exact) mass is 202 g/mol. The summed E-state index contributed by atoms with van der Waals surface area (Å²) in [7, 11) is 0. The van der Waals surface area contributed by atoms with Gasteiger partial charge in [0.25, 0.3) is 0 Å². The lowest BCUT2D eigenvalue weighted by atomic mass is 10.1. The van der Waals surface area contributed by atoms with Crippen LogP contribution in [0, 0.1) is 0 Å². The van der Waals surface area contributed by atoms with Crippen LogP contribution in [0.3, 0.4) is 0 Å². The molecule has 0 aromatic heterocycles. The summed E-state index contributed by atoms with van der Waals surface area (Å²) < 4.78 is 15.0. The average Bonchev–Trinajstić information content (AvgIpc) is 2.06. The largest absolute Gasteiger partial charge is 0.460 e. The molecule has 1 aliphatic heterocycles. The molecule has 1 fully saturated rings. The van der Waals surface area contributed by atoms with E-state index >= 15 is 0 Å². The summed E-state index contributed by atoms with van der Waals surface area (Å²) in [5, 5.41) is 0. The molecule has 1 heterocycles. The van der Waals surface area contributed by atoms with Crippen molar-refractivity contribution < 1.29 is 23.8 Å². The molecule has 0 amide bonds. The van der Waals surface area contributed by atoms with Crippen LogP contribution < -0.4 is 0 Å². The summed E-state index contributed by atoms with van der Waals surface area (Å²) in [6.45, 7) is 2.98. The van der Waals surface area contributed by atoms with Crippen molar-refractivity contribution in [2.24, 2.45) is 0 Å². The smallest absolute Gasteiger partial charge is 0.304 e. The fraction of sp³-hybridized carbons (Fsp3) is 0.778. The van der Waals surface area contributed by atoms with Crippen LogP contribution in [-0.2, 0) is 23.8 Å². The molecule has 1 saturated heterocycles. The number of ether oxygens (including phenoxy) is 3. The lowest BCUT2D eigenvalue weighted by Gasteiger charge is -2.27. The summed E-state index contributed by atoms with van der Waals surface area (Å²) in [5.41, 5.74) is 0. The van der Waals surface area contributed by atoms with Gasteiger partial charge in [0.05, 0.1) is 6.61 Å². The molecule has 0 bridgehead atoms. The predicted octanol–water partition coefficient (Wildman–Crippen LogP) is 0.618. The normalized spacial score (nSPS) is 26.7. The molecule has 0 N–H and O–H groups in total. The van der Waals surface area contributed by atoms with Crippen LogP contribution in [0.15, 0.2) is 0 Å². The number of rotatable bonds is 2. The summed E-state index contributed by atoms with van der Waals surface area (Å²) in [6, 6.07) is 0. The maximum absolute atomic E-state index is 10.6. The Morgan fingerprint density at radius 3 is 2.21 bits per heavy atom. The molecule has 0 saturated carbocycles. The minimum absolute atomic E-state index is 0.209. The molecule has 0 radical (unpaired) electrons. The minimum atomic E-state index is -0.487. The van der Waals surface area contributed by atoms with Crippen LogP contribution in [0.2, 0.25) is 0 Å².